The molecule has 0 amide bonds. The van der Waals surface area contributed by atoms with Crippen molar-refractivity contribution in [2.45, 2.75) is 0 Å². The van der Waals surface area contributed by atoms with Crippen LogP contribution in [-0.4, -0.2) is 9.97 Å². The first-order valence-corrected chi connectivity index (χ1v) is 5.82. The Labute approximate surface area is 112 Å². The third kappa shape index (κ3) is 2.02. The Balaban J connectivity index is 2.20. The van der Waals surface area contributed by atoms with Crippen LogP contribution in [0.2, 0.25) is 5.02 Å². The van der Waals surface area contributed by atoms with Gasteiger partial charge < -0.3 is 10.7 Å². The molecule has 1 aromatic heterocycles. The lowest BCUT2D eigenvalue weighted by molar-refractivity contribution is 0.510. The minimum atomic E-state index is -0.936. The molecule has 3 N–H and O–H groups in total. The van der Waals surface area contributed by atoms with Gasteiger partial charge in [0.1, 0.15) is 5.82 Å². The van der Waals surface area contributed by atoms with Gasteiger partial charge in [0.25, 0.3) is 0 Å². The third-order valence-corrected chi connectivity index (χ3v) is 3.08. The van der Waals surface area contributed by atoms with E-state index in [0.717, 1.165) is 12.1 Å². The molecule has 0 radical (unpaired) electrons. The van der Waals surface area contributed by atoms with Crippen LogP contribution in [-0.2, 0) is 0 Å². The summed E-state index contributed by atoms with van der Waals surface area (Å²) in [6, 6.07) is 7.06. The maximum atomic E-state index is 13.1. The molecule has 3 aromatic rings. The van der Waals surface area contributed by atoms with Gasteiger partial charge >= 0.3 is 0 Å². The van der Waals surface area contributed by atoms with Crippen molar-refractivity contribution in [1.29, 1.82) is 0 Å². The highest BCUT2D eigenvalue weighted by Gasteiger charge is 2.12. The summed E-state index contributed by atoms with van der Waals surface area (Å²) in [6.45, 7) is 0. The van der Waals surface area contributed by atoms with Crippen molar-refractivity contribution in [3.8, 4) is 11.4 Å². The molecule has 1 heterocycles. The minimum Gasteiger partial charge on any atom is -0.399 e. The summed E-state index contributed by atoms with van der Waals surface area (Å²) in [7, 11) is 0. The summed E-state index contributed by atoms with van der Waals surface area (Å²) in [5.41, 5.74) is 7.49. The number of hydrogen-bond acceptors (Lipinski definition) is 2. The van der Waals surface area contributed by atoms with E-state index >= 15 is 0 Å². The number of imidazole rings is 1. The molecule has 96 valence electrons. The van der Waals surface area contributed by atoms with Gasteiger partial charge in [-0.3, -0.25) is 0 Å². The number of aromatic amines is 1. The van der Waals surface area contributed by atoms with Crippen LogP contribution >= 0.6 is 11.6 Å². The molecule has 6 heteroatoms. The maximum Gasteiger partial charge on any atom is 0.161 e. The van der Waals surface area contributed by atoms with Crippen molar-refractivity contribution in [1.82, 2.24) is 9.97 Å². The largest absolute Gasteiger partial charge is 0.399 e. The number of nitrogens with two attached hydrogens (primary N) is 1. The molecular formula is C13H8ClF2N3. The molecule has 0 aliphatic carbocycles. The molecule has 0 aliphatic rings. The molecule has 0 saturated carbocycles. The van der Waals surface area contributed by atoms with Crippen LogP contribution in [0.1, 0.15) is 0 Å². The van der Waals surface area contributed by atoms with Gasteiger partial charge in [-0.2, -0.15) is 0 Å². The normalized spacial score (nSPS) is 11.1. The van der Waals surface area contributed by atoms with Crippen LogP contribution in [0.25, 0.3) is 22.4 Å². The standard InChI is InChI=1S/C13H8ClF2N3/c14-8-3-6(17)1-2-7(8)13-18-11-4-9(15)10(16)5-12(11)19-13/h1-5H,17H2,(H,18,19). The van der Waals surface area contributed by atoms with Gasteiger partial charge in [-0.1, -0.05) is 11.6 Å². The molecule has 0 spiro atoms. The van der Waals surface area contributed by atoms with Crippen LogP contribution < -0.4 is 5.73 Å². The van der Waals surface area contributed by atoms with Gasteiger partial charge in [0.05, 0.1) is 16.1 Å². The first-order valence-electron chi connectivity index (χ1n) is 5.45. The Morgan fingerprint density at radius 3 is 2.58 bits per heavy atom. The first kappa shape index (κ1) is 11.9. The number of H-pyrrole nitrogens is 1. The SMILES string of the molecule is Nc1ccc(-c2nc3cc(F)c(F)cc3[nH]2)c(Cl)c1. The van der Waals surface area contributed by atoms with Gasteiger partial charge in [-0.15, -0.1) is 0 Å². The third-order valence-electron chi connectivity index (χ3n) is 2.77. The number of benzene rings is 2. The molecule has 0 atom stereocenters. The van der Waals surface area contributed by atoms with Gasteiger partial charge in [0.15, 0.2) is 11.6 Å². The van der Waals surface area contributed by atoms with E-state index in [2.05, 4.69) is 9.97 Å². The van der Waals surface area contributed by atoms with E-state index in [4.69, 9.17) is 17.3 Å². The lowest BCUT2D eigenvalue weighted by Gasteiger charge is -2.01. The highest BCUT2D eigenvalue weighted by atomic mass is 35.5. The van der Waals surface area contributed by atoms with Crippen LogP contribution in [0.4, 0.5) is 14.5 Å². The number of halogens is 3. The van der Waals surface area contributed by atoms with Crippen molar-refractivity contribution in [3.63, 3.8) is 0 Å². The summed E-state index contributed by atoms with van der Waals surface area (Å²) in [4.78, 5) is 7.09. The Morgan fingerprint density at radius 2 is 1.84 bits per heavy atom. The van der Waals surface area contributed by atoms with Crippen molar-refractivity contribution < 1.29 is 8.78 Å². The average Bonchev–Trinajstić information content (AvgIpc) is 2.72. The Bertz CT molecular complexity index is 744. The Morgan fingerprint density at radius 1 is 1.11 bits per heavy atom. The number of aromatic nitrogens is 2. The quantitative estimate of drug-likeness (QED) is 0.667. The van der Waals surface area contributed by atoms with E-state index < -0.39 is 11.6 Å². The molecular weight excluding hydrogens is 272 g/mol. The van der Waals surface area contributed by atoms with Gasteiger partial charge in [-0.25, -0.2) is 13.8 Å². The summed E-state index contributed by atoms with van der Waals surface area (Å²) in [5, 5.41) is 0.417. The number of rotatable bonds is 1. The zero-order chi connectivity index (χ0) is 13.6. The predicted octanol–water partition coefficient (Wildman–Crippen LogP) is 3.74. The van der Waals surface area contributed by atoms with Crippen LogP contribution in [0.5, 0.6) is 0 Å². The second-order valence-electron chi connectivity index (χ2n) is 4.11. The summed E-state index contributed by atoms with van der Waals surface area (Å²) < 4.78 is 26.2. The number of hydrogen-bond donors (Lipinski definition) is 2. The molecule has 0 fully saturated rings. The lowest BCUT2D eigenvalue weighted by atomic mass is 10.2. The first-order chi connectivity index (χ1) is 9.04. The van der Waals surface area contributed by atoms with E-state index in [-0.39, 0.29) is 0 Å². The average molecular weight is 280 g/mol. The number of nitrogens with zero attached hydrogens (tertiary/aromatic N) is 1. The molecule has 0 aliphatic heterocycles. The predicted molar refractivity (Wildman–Crippen MR) is 70.9 cm³/mol. The number of nitrogens with one attached hydrogen (secondary N) is 1. The van der Waals surface area contributed by atoms with E-state index in [1.807, 2.05) is 0 Å². The number of fused-ring (bicyclic) bond motifs is 1. The minimum absolute atomic E-state index is 0.335. The van der Waals surface area contributed by atoms with E-state index in [1.165, 1.54) is 0 Å². The fourth-order valence-corrected chi connectivity index (χ4v) is 2.13. The second-order valence-corrected chi connectivity index (χ2v) is 4.52. The van der Waals surface area contributed by atoms with Crippen molar-refractivity contribution in [2.75, 3.05) is 5.73 Å². The summed E-state index contributed by atoms with van der Waals surface area (Å²) in [5.74, 6) is -1.43. The highest BCUT2D eigenvalue weighted by Crippen LogP contribution is 2.29. The zero-order valence-corrected chi connectivity index (χ0v) is 10.3. The van der Waals surface area contributed by atoms with Crippen molar-refractivity contribution in [3.05, 3.63) is 47.0 Å². The Kier molecular flexibility index (Phi) is 2.64. The topological polar surface area (TPSA) is 54.7 Å². The maximum absolute atomic E-state index is 13.1. The van der Waals surface area contributed by atoms with Crippen molar-refractivity contribution in [2.24, 2.45) is 0 Å². The van der Waals surface area contributed by atoms with Gasteiger partial charge in [-0.05, 0) is 18.2 Å². The molecule has 3 nitrogen and oxygen atoms in total. The summed E-state index contributed by atoms with van der Waals surface area (Å²) >= 11 is 6.07. The molecule has 3 rings (SSSR count). The molecule has 0 saturated heterocycles. The van der Waals surface area contributed by atoms with Crippen LogP contribution in [0.15, 0.2) is 30.3 Å². The van der Waals surface area contributed by atoms with Crippen LogP contribution in [0.3, 0.4) is 0 Å². The molecule has 0 unspecified atom stereocenters. The highest BCUT2D eigenvalue weighted by molar-refractivity contribution is 6.33. The summed E-state index contributed by atoms with van der Waals surface area (Å²) in [6.07, 6.45) is 0. The van der Waals surface area contributed by atoms with E-state index in [1.54, 1.807) is 18.2 Å². The van der Waals surface area contributed by atoms with E-state index in [0.29, 0.717) is 33.1 Å². The van der Waals surface area contributed by atoms with Crippen molar-refractivity contribution >= 4 is 28.3 Å². The Hall–Kier alpha value is -2.14. The zero-order valence-electron chi connectivity index (χ0n) is 9.55. The smallest absolute Gasteiger partial charge is 0.161 e. The molecule has 19 heavy (non-hydrogen) atoms. The van der Waals surface area contributed by atoms with E-state index in [9.17, 15) is 8.78 Å². The second kappa shape index (κ2) is 4.20. The number of anilines is 1. The number of nitrogen functional groups attached to an aromatic ring is 1. The fraction of sp³-hybridized carbons (Fsp3) is 0. The fourth-order valence-electron chi connectivity index (χ4n) is 1.86. The molecule has 2 aromatic carbocycles. The monoisotopic (exact) mass is 279 g/mol. The van der Waals surface area contributed by atoms with Gasteiger partial charge in [0, 0.05) is 23.4 Å². The lowest BCUT2D eigenvalue weighted by Crippen LogP contribution is -1.87. The van der Waals surface area contributed by atoms with Gasteiger partial charge in [0.2, 0.25) is 0 Å². The van der Waals surface area contributed by atoms with Crippen LogP contribution in [0, 0.1) is 11.6 Å². The molecule has 0 bridgehead atoms.